The van der Waals surface area contributed by atoms with Gasteiger partial charge in [-0.15, -0.1) is 0 Å². The molecule has 0 aromatic carbocycles. The lowest BCUT2D eigenvalue weighted by atomic mass is 10.3. The minimum Gasteiger partial charge on any atom is -0.462 e. The molecule has 166 valence electrons. The summed E-state index contributed by atoms with van der Waals surface area (Å²) in [5.41, 5.74) is 0.548. The van der Waals surface area contributed by atoms with Crippen molar-refractivity contribution in [1.82, 2.24) is 25.3 Å². The lowest BCUT2D eigenvalue weighted by Crippen LogP contribution is -2.48. The SMILES string of the molecule is CCOC(=O)c1sc(Nc2nc(Oc3cccnc3)cc(N3CCNC(=O)C3)n2)nc1C. The van der Waals surface area contributed by atoms with Gasteiger partial charge in [-0.3, -0.25) is 15.1 Å². The van der Waals surface area contributed by atoms with Crippen LogP contribution in [-0.4, -0.2) is 58.1 Å². The zero-order valence-corrected chi connectivity index (χ0v) is 18.3. The Morgan fingerprint density at radius 2 is 2.22 bits per heavy atom. The lowest BCUT2D eigenvalue weighted by Gasteiger charge is -2.27. The number of hydrogen-bond donors (Lipinski definition) is 2. The highest BCUT2D eigenvalue weighted by Gasteiger charge is 2.21. The van der Waals surface area contributed by atoms with Crippen LogP contribution in [0.2, 0.25) is 0 Å². The van der Waals surface area contributed by atoms with Crippen molar-refractivity contribution in [3.05, 3.63) is 41.2 Å². The number of anilines is 3. The quantitative estimate of drug-likeness (QED) is 0.511. The van der Waals surface area contributed by atoms with E-state index < -0.39 is 5.97 Å². The van der Waals surface area contributed by atoms with Crippen LogP contribution in [0.5, 0.6) is 11.6 Å². The van der Waals surface area contributed by atoms with Gasteiger partial charge in [0.05, 0.1) is 25.0 Å². The van der Waals surface area contributed by atoms with E-state index in [9.17, 15) is 9.59 Å². The van der Waals surface area contributed by atoms with Crippen LogP contribution in [0.25, 0.3) is 0 Å². The number of hydrogen-bond acceptors (Lipinski definition) is 11. The number of nitrogens with zero attached hydrogens (tertiary/aromatic N) is 5. The minimum absolute atomic E-state index is 0.0891. The number of carbonyl (C=O) groups is 2. The number of ether oxygens (including phenoxy) is 2. The third-order valence-corrected chi connectivity index (χ3v) is 5.44. The number of pyridine rings is 1. The molecule has 11 nitrogen and oxygen atoms in total. The molecular formula is C20H21N7O4S. The van der Waals surface area contributed by atoms with Crippen LogP contribution in [-0.2, 0) is 9.53 Å². The fraction of sp³-hybridized carbons (Fsp3) is 0.300. The average molecular weight is 456 g/mol. The molecule has 0 bridgehead atoms. The van der Waals surface area contributed by atoms with Crippen LogP contribution in [0.4, 0.5) is 16.9 Å². The lowest BCUT2D eigenvalue weighted by molar-refractivity contribution is -0.120. The highest BCUT2D eigenvalue weighted by Crippen LogP contribution is 2.29. The van der Waals surface area contributed by atoms with Gasteiger partial charge in [-0.25, -0.2) is 9.78 Å². The van der Waals surface area contributed by atoms with E-state index in [4.69, 9.17) is 9.47 Å². The summed E-state index contributed by atoms with van der Waals surface area (Å²) in [6.07, 6.45) is 3.21. The van der Waals surface area contributed by atoms with Crippen LogP contribution in [0, 0.1) is 6.92 Å². The first-order valence-corrected chi connectivity index (χ1v) is 10.7. The Hall–Kier alpha value is -3.80. The van der Waals surface area contributed by atoms with Crippen LogP contribution in [0.15, 0.2) is 30.6 Å². The number of amides is 1. The molecule has 0 atom stereocenters. The van der Waals surface area contributed by atoms with E-state index >= 15 is 0 Å². The molecule has 3 aromatic rings. The van der Waals surface area contributed by atoms with E-state index in [-0.39, 0.29) is 30.9 Å². The van der Waals surface area contributed by atoms with Gasteiger partial charge in [0.25, 0.3) is 0 Å². The highest BCUT2D eigenvalue weighted by molar-refractivity contribution is 7.17. The molecule has 1 fully saturated rings. The number of nitrogens with one attached hydrogen (secondary N) is 2. The van der Waals surface area contributed by atoms with Crippen molar-refractivity contribution in [3.8, 4) is 11.6 Å². The van der Waals surface area contributed by atoms with Crippen LogP contribution < -0.4 is 20.3 Å². The zero-order chi connectivity index (χ0) is 22.5. The summed E-state index contributed by atoms with van der Waals surface area (Å²) >= 11 is 1.15. The third kappa shape index (κ3) is 5.09. The first-order chi connectivity index (χ1) is 15.5. The second-order valence-corrected chi connectivity index (χ2v) is 7.73. The normalized spacial score (nSPS) is 13.4. The molecule has 32 heavy (non-hydrogen) atoms. The summed E-state index contributed by atoms with van der Waals surface area (Å²) in [6, 6.07) is 5.17. The minimum atomic E-state index is -0.426. The van der Waals surface area contributed by atoms with Crippen molar-refractivity contribution in [1.29, 1.82) is 0 Å². The van der Waals surface area contributed by atoms with Crippen LogP contribution in [0.1, 0.15) is 22.3 Å². The topological polar surface area (TPSA) is 131 Å². The largest absolute Gasteiger partial charge is 0.462 e. The maximum Gasteiger partial charge on any atom is 0.350 e. The van der Waals surface area contributed by atoms with Gasteiger partial charge >= 0.3 is 5.97 Å². The Morgan fingerprint density at radius 1 is 1.34 bits per heavy atom. The molecule has 1 amide bonds. The number of piperazine rings is 1. The Balaban J connectivity index is 1.63. The maximum absolute atomic E-state index is 12.1. The van der Waals surface area contributed by atoms with E-state index in [2.05, 4.69) is 30.6 Å². The van der Waals surface area contributed by atoms with Gasteiger partial charge < -0.3 is 19.7 Å². The first kappa shape index (κ1) is 21.4. The van der Waals surface area contributed by atoms with Gasteiger partial charge in [0, 0.05) is 25.4 Å². The van der Waals surface area contributed by atoms with Gasteiger partial charge in [0.2, 0.25) is 17.7 Å². The van der Waals surface area contributed by atoms with E-state index in [1.807, 2.05) is 4.90 Å². The Kier molecular flexibility index (Phi) is 6.40. The first-order valence-electron chi connectivity index (χ1n) is 9.92. The Morgan fingerprint density at radius 3 is 2.97 bits per heavy atom. The second kappa shape index (κ2) is 9.56. The molecule has 0 aliphatic carbocycles. The summed E-state index contributed by atoms with van der Waals surface area (Å²) in [4.78, 5) is 43.5. The molecule has 12 heteroatoms. The third-order valence-electron chi connectivity index (χ3n) is 4.38. The molecule has 0 spiro atoms. The molecule has 2 N–H and O–H groups in total. The summed E-state index contributed by atoms with van der Waals surface area (Å²) in [5.74, 6) is 1.01. The molecule has 0 saturated carbocycles. The van der Waals surface area contributed by atoms with E-state index in [1.165, 1.54) is 0 Å². The molecule has 4 rings (SSSR count). The Bertz CT molecular complexity index is 1120. The van der Waals surface area contributed by atoms with Crippen molar-refractivity contribution < 1.29 is 19.1 Å². The number of aryl methyl sites for hydroxylation is 1. The van der Waals surface area contributed by atoms with Crippen molar-refractivity contribution in [2.75, 3.05) is 36.5 Å². The van der Waals surface area contributed by atoms with Gasteiger partial charge in [-0.05, 0) is 26.0 Å². The summed E-state index contributed by atoms with van der Waals surface area (Å²) in [6.45, 7) is 5.04. The number of aromatic nitrogens is 4. The average Bonchev–Trinajstić information content (AvgIpc) is 3.14. The van der Waals surface area contributed by atoms with Gasteiger partial charge in [0.15, 0.2) is 5.13 Å². The van der Waals surface area contributed by atoms with Gasteiger partial charge in [-0.1, -0.05) is 11.3 Å². The summed E-state index contributed by atoms with van der Waals surface area (Å²) < 4.78 is 10.9. The number of esters is 1. The standard InChI is InChI=1S/C20H21N7O4S/c1-3-30-18(29)17-12(2)23-20(32-17)26-19-24-14(27-8-7-22-15(28)11-27)9-16(25-19)31-13-5-4-6-21-10-13/h4-6,9-10H,3,7-8,11H2,1-2H3,(H,22,28)(H,23,24,25,26). The highest BCUT2D eigenvalue weighted by atomic mass is 32.1. The summed E-state index contributed by atoms with van der Waals surface area (Å²) in [7, 11) is 0. The fourth-order valence-corrected chi connectivity index (χ4v) is 3.83. The van der Waals surface area contributed by atoms with Crippen molar-refractivity contribution in [3.63, 3.8) is 0 Å². The van der Waals surface area contributed by atoms with E-state index in [0.717, 1.165) is 11.3 Å². The monoisotopic (exact) mass is 455 g/mol. The number of rotatable bonds is 7. The van der Waals surface area contributed by atoms with Crippen molar-refractivity contribution in [2.24, 2.45) is 0 Å². The number of carbonyl (C=O) groups excluding carboxylic acids is 2. The second-order valence-electron chi connectivity index (χ2n) is 6.73. The summed E-state index contributed by atoms with van der Waals surface area (Å²) in [5, 5.41) is 6.26. The van der Waals surface area contributed by atoms with Gasteiger partial charge in [-0.2, -0.15) is 9.97 Å². The van der Waals surface area contributed by atoms with E-state index in [1.54, 1.807) is 44.4 Å². The van der Waals surface area contributed by atoms with E-state index in [0.29, 0.717) is 40.4 Å². The molecule has 4 heterocycles. The van der Waals surface area contributed by atoms with Crippen molar-refractivity contribution >= 4 is 40.1 Å². The molecule has 0 unspecified atom stereocenters. The molecule has 1 aliphatic heterocycles. The van der Waals surface area contributed by atoms with Crippen LogP contribution >= 0.6 is 11.3 Å². The molecule has 1 saturated heterocycles. The molecular weight excluding hydrogens is 434 g/mol. The predicted octanol–water partition coefficient (Wildman–Crippen LogP) is 2.29. The van der Waals surface area contributed by atoms with Gasteiger partial charge in [0.1, 0.15) is 16.4 Å². The predicted molar refractivity (Wildman–Crippen MR) is 118 cm³/mol. The van der Waals surface area contributed by atoms with Crippen molar-refractivity contribution in [2.45, 2.75) is 13.8 Å². The molecule has 3 aromatic heterocycles. The maximum atomic E-state index is 12.1. The van der Waals surface area contributed by atoms with Crippen LogP contribution in [0.3, 0.4) is 0 Å². The smallest absolute Gasteiger partial charge is 0.350 e. The molecule has 1 aliphatic rings. The fourth-order valence-electron chi connectivity index (χ4n) is 2.98. The molecule has 0 radical (unpaired) electrons. The zero-order valence-electron chi connectivity index (χ0n) is 17.5. The Labute approximate surface area is 187 Å². The number of thiazole rings is 1.